The Hall–Kier alpha value is -1.65. The van der Waals surface area contributed by atoms with Crippen molar-refractivity contribution in [2.75, 3.05) is 18.4 Å². The Morgan fingerprint density at radius 2 is 2.05 bits per heavy atom. The molecule has 20 heavy (non-hydrogen) atoms. The van der Waals surface area contributed by atoms with E-state index in [0.29, 0.717) is 18.9 Å². The van der Waals surface area contributed by atoms with Crippen LogP contribution in [0, 0.1) is 11.2 Å². The van der Waals surface area contributed by atoms with E-state index in [4.69, 9.17) is 0 Å². The van der Waals surface area contributed by atoms with Crippen LogP contribution in [-0.4, -0.2) is 24.0 Å². The molecule has 0 unspecified atom stereocenters. The molecule has 1 aromatic rings. The molecule has 1 rings (SSSR count). The highest BCUT2D eigenvalue weighted by atomic mass is 19.1. The van der Waals surface area contributed by atoms with E-state index in [1.165, 1.54) is 6.07 Å². The van der Waals surface area contributed by atoms with E-state index in [9.17, 15) is 9.18 Å². The zero-order valence-corrected chi connectivity index (χ0v) is 12.7. The van der Waals surface area contributed by atoms with E-state index in [1.54, 1.807) is 0 Å². The lowest BCUT2D eigenvalue weighted by Gasteiger charge is -2.18. The summed E-state index contributed by atoms with van der Waals surface area (Å²) in [6.45, 7) is 9.60. The molecule has 0 saturated carbocycles. The molecule has 0 saturated heterocycles. The highest BCUT2D eigenvalue weighted by Gasteiger charge is 2.15. The van der Waals surface area contributed by atoms with E-state index < -0.39 is 5.82 Å². The molecule has 0 bridgehead atoms. The van der Waals surface area contributed by atoms with Crippen LogP contribution in [0.2, 0.25) is 0 Å². The van der Waals surface area contributed by atoms with Crippen LogP contribution >= 0.6 is 0 Å². The molecule has 1 aromatic heterocycles. The third-order valence-electron chi connectivity index (χ3n) is 2.80. The Morgan fingerprint density at radius 1 is 1.35 bits per heavy atom. The maximum Gasteiger partial charge on any atom is 0.255 e. The second kappa shape index (κ2) is 7.22. The molecule has 2 N–H and O–H groups in total. The van der Waals surface area contributed by atoms with Gasteiger partial charge in [-0.2, -0.15) is 0 Å². The van der Waals surface area contributed by atoms with Gasteiger partial charge in [-0.1, -0.05) is 27.7 Å². The molecule has 1 amide bonds. The first-order valence-electron chi connectivity index (χ1n) is 7.01. The summed E-state index contributed by atoms with van der Waals surface area (Å²) in [5.41, 5.74) is 0.406. The fourth-order valence-corrected chi connectivity index (χ4v) is 1.64. The first-order valence-corrected chi connectivity index (χ1v) is 7.01. The quantitative estimate of drug-likeness (QED) is 0.842. The zero-order valence-electron chi connectivity index (χ0n) is 12.7. The number of anilines is 1. The number of hydrogen-bond donors (Lipinski definition) is 2. The number of halogens is 1. The van der Waals surface area contributed by atoms with Gasteiger partial charge in [0.25, 0.3) is 5.91 Å². The van der Waals surface area contributed by atoms with Crippen LogP contribution in [0.25, 0.3) is 0 Å². The smallest absolute Gasteiger partial charge is 0.255 e. The molecular weight excluding hydrogens is 257 g/mol. The lowest BCUT2D eigenvalue weighted by molar-refractivity contribution is 0.0949. The first kappa shape index (κ1) is 16.4. The number of carbonyl (C=O) groups excluding carboxylic acids is 1. The molecule has 5 heteroatoms. The highest BCUT2D eigenvalue weighted by Crippen LogP contribution is 2.18. The lowest BCUT2D eigenvalue weighted by atomic mass is 9.92. The third kappa shape index (κ3) is 5.55. The van der Waals surface area contributed by atoms with Gasteiger partial charge in [-0.15, -0.1) is 0 Å². The Morgan fingerprint density at radius 3 is 2.65 bits per heavy atom. The minimum Gasteiger partial charge on any atom is -0.369 e. The molecule has 1 heterocycles. The first-order chi connectivity index (χ1) is 9.33. The molecule has 4 nitrogen and oxygen atoms in total. The van der Waals surface area contributed by atoms with Crippen molar-refractivity contribution in [2.24, 2.45) is 5.41 Å². The number of amides is 1. The number of rotatable bonds is 6. The summed E-state index contributed by atoms with van der Waals surface area (Å²) in [5.74, 6) is -0.366. The summed E-state index contributed by atoms with van der Waals surface area (Å²) < 4.78 is 13.3. The molecular formula is C15H24FN3O. The van der Waals surface area contributed by atoms with Gasteiger partial charge in [0.2, 0.25) is 0 Å². The molecule has 112 valence electrons. The Bertz CT molecular complexity index is 455. The van der Waals surface area contributed by atoms with Crippen molar-refractivity contribution in [1.29, 1.82) is 0 Å². The lowest BCUT2D eigenvalue weighted by Crippen LogP contribution is -2.28. The van der Waals surface area contributed by atoms with Crippen LogP contribution in [0.5, 0.6) is 0 Å². The maximum absolute atomic E-state index is 13.3. The predicted molar refractivity (Wildman–Crippen MR) is 79.4 cm³/mol. The molecule has 0 aliphatic heterocycles. The topological polar surface area (TPSA) is 54.0 Å². The number of hydrogen-bond acceptors (Lipinski definition) is 3. The predicted octanol–water partition coefficient (Wildman–Crippen LogP) is 3.21. The monoisotopic (exact) mass is 281 g/mol. The van der Waals surface area contributed by atoms with Crippen molar-refractivity contribution < 1.29 is 9.18 Å². The minimum atomic E-state index is -0.506. The van der Waals surface area contributed by atoms with Crippen molar-refractivity contribution in [3.8, 4) is 0 Å². The molecule has 0 aliphatic rings. The largest absolute Gasteiger partial charge is 0.369 e. The summed E-state index contributed by atoms with van der Waals surface area (Å²) in [6.07, 6.45) is 2.88. The molecule has 0 radical (unpaired) electrons. The van der Waals surface area contributed by atoms with Gasteiger partial charge < -0.3 is 10.6 Å². The van der Waals surface area contributed by atoms with Crippen molar-refractivity contribution in [1.82, 2.24) is 10.3 Å². The van der Waals surface area contributed by atoms with Gasteiger partial charge in [0.15, 0.2) is 0 Å². The summed E-state index contributed by atoms with van der Waals surface area (Å²) in [7, 11) is 0. The molecule has 0 atom stereocenters. The summed E-state index contributed by atoms with van der Waals surface area (Å²) in [6, 6.07) is 1.22. The highest BCUT2D eigenvalue weighted by molar-refractivity contribution is 5.98. The van der Waals surface area contributed by atoms with Gasteiger partial charge in [0.05, 0.1) is 11.8 Å². The molecule has 0 aliphatic carbocycles. The van der Waals surface area contributed by atoms with Gasteiger partial charge in [0, 0.05) is 13.1 Å². The standard InChI is InChI=1S/C15H24FN3O/c1-5-7-17-13-12(9-11(16)10-19-13)14(20)18-8-6-15(2,3)4/h9-10H,5-8H2,1-4H3,(H,17,19)(H,18,20). The zero-order chi connectivity index (χ0) is 15.2. The average Bonchev–Trinajstić information content (AvgIpc) is 2.35. The molecule has 0 aromatic carbocycles. The van der Waals surface area contributed by atoms with E-state index in [1.807, 2.05) is 6.92 Å². The minimum absolute atomic E-state index is 0.150. The maximum atomic E-state index is 13.3. The van der Waals surface area contributed by atoms with Gasteiger partial charge in [-0.3, -0.25) is 4.79 Å². The van der Waals surface area contributed by atoms with Crippen LogP contribution in [0.1, 0.15) is 50.9 Å². The molecule has 0 fully saturated rings. The number of aromatic nitrogens is 1. The number of nitrogens with one attached hydrogen (secondary N) is 2. The van der Waals surface area contributed by atoms with E-state index in [-0.39, 0.29) is 16.9 Å². The van der Waals surface area contributed by atoms with Gasteiger partial charge >= 0.3 is 0 Å². The normalized spacial score (nSPS) is 11.2. The Balaban J connectivity index is 2.72. The Labute approximate surface area is 120 Å². The molecule has 0 spiro atoms. The van der Waals surface area contributed by atoms with Gasteiger partial charge in [-0.25, -0.2) is 9.37 Å². The summed E-state index contributed by atoms with van der Waals surface area (Å²) in [5, 5.41) is 5.85. The second-order valence-corrected chi connectivity index (χ2v) is 6.04. The van der Waals surface area contributed by atoms with Crippen LogP contribution in [-0.2, 0) is 0 Å². The van der Waals surface area contributed by atoms with Crippen molar-refractivity contribution in [2.45, 2.75) is 40.5 Å². The van der Waals surface area contributed by atoms with Crippen molar-refractivity contribution in [3.05, 3.63) is 23.6 Å². The number of nitrogens with zero attached hydrogens (tertiary/aromatic N) is 1. The van der Waals surface area contributed by atoms with Gasteiger partial charge in [0.1, 0.15) is 11.6 Å². The third-order valence-corrected chi connectivity index (χ3v) is 2.80. The van der Waals surface area contributed by atoms with E-state index in [0.717, 1.165) is 19.0 Å². The SMILES string of the molecule is CCCNc1ncc(F)cc1C(=O)NCCC(C)(C)C. The fourth-order valence-electron chi connectivity index (χ4n) is 1.64. The Kier molecular flexibility index (Phi) is 5.92. The van der Waals surface area contributed by atoms with Crippen LogP contribution in [0.15, 0.2) is 12.3 Å². The number of pyridine rings is 1. The van der Waals surface area contributed by atoms with Gasteiger partial charge in [-0.05, 0) is 24.3 Å². The summed E-state index contributed by atoms with van der Waals surface area (Å²) in [4.78, 5) is 16.1. The van der Waals surface area contributed by atoms with Crippen molar-refractivity contribution in [3.63, 3.8) is 0 Å². The second-order valence-electron chi connectivity index (χ2n) is 6.04. The van der Waals surface area contributed by atoms with Crippen LogP contribution < -0.4 is 10.6 Å². The van der Waals surface area contributed by atoms with Crippen LogP contribution in [0.3, 0.4) is 0 Å². The average molecular weight is 281 g/mol. The van der Waals surface area contributed by atoms with Crippen LogP contribution in [0.4, 0.5) is 10.2 Å². The van der Waals surface area contributed by atoms with Crippen molar-refractivity contribution >= 4 is 11.7 Å². The fraction of sp³-hybridized carbons (Fsp3) is 0.600. The number of carbonyl (C=O) groups is 1. The van der Waals surface area contributed by atoms with E-state index >= 15 is 0 Å². The summed E-state index contributed by atoms with van der Waals surface area (Å²) >= 11 is 0. The van der Waals surface area contributed by atoms with E-state index in [2.05, 4.69) is 36.4 Å².